The number of H-pyrrole nitrogens is 2. The Bertz CT molecular complexity index is 1980. The van der Waals surface area contributed by atoms with Crippen molar-refractivity contribution in [1.29, 1.82) is 0 Å². The molecule has 2 aliphatic rings. The van der Waals surface area contributed by atoms with Crippen molar-refractivity contribution in [3.05, 3.63) is 75.4 Å². The summed E-state index contributed by atoms with van der Waals surface area (Å²) in [7, 11) is 0. The van der Waals surface area contributed by atoms with E-state index < -0.39 is 23.8 Å². The van der Waals surface area contributed by atoms with Crippen LogP contribution in [-0.2, 0) is 20.7 Å². The Balaban J connectivity index is 2.03. The second-order valence-electron chi connectivity index (χ2n) is 11.9. The van der Waals surface area contributed by atoms with Crippen LogP contribution in [-0.4, -0.2) is 54.7 Å². The van der Waals surface area contributed by atoms with Gasteiger partial charge in [0.15, 0.2) is 0 Å². The zero-order valence-corrected chi connectivity index (χ0v) is 27.1. The maximum absolute atomic E-state index is 13.1. The molecule has 240 valence electrons. The van der Waals surface area contributed by atoms with Crippen molar-refractivity contribution >= 4 is 57.2 Å². The minimum absolute atomic E-state index is 0.0211. The second-order valence-corrected chi connectivity index (χ2v) is 11.9. The maximum Gasteiger partial charge on any atom is 0.338 e. The number of aromatic nitrogens is 4. The van der Waals surface area contributed by atoms with Crippen LogP contribution in [0.4, 0.5) is 0 Å². The van der Waals surface area contributed by atoms with Crippen LogP contribution in [0.3, 0.4) is 0 Å². The van der Waals surface area contributed by atoms with Crippen LogP contribution in [0.25, 0.3) is 39.3 Å². The summed E-state index contributed by atoms with van der Waals surface area (Å²) in [4.78, 5) is 54.6. The number of fused-ring (bicyclic) bond motifs is 8. The Labute approximate surface area is 267 Å². The number of allylic oxidation sites excluding steroid dienone is 2. The molecule has 0 saturated heterocycles. The molecule has 0 aliphatic carbocycles. The van der Waals surface area contributed by atoms with Crippen molar-refractivity contribution in [2.45, 2.75) is 79.1 Å². The Kier molecular flexibility index (Phi) is 9.01. The summed E-state index contributed by atoms with van der Waals surface area (Å²) >= 11 is 0. The topological polar surface area (TPSA) is 158 Å². The summed E-state index contributed by atoms with van der Waals surface area (Å²) in [5.74, 6) is -3.27. The Hall–Kier alpha value is -4.99. The van der Waals surface area contributed by atoms with E-state index in [1.165, 1.54) is 0 Å². The fourth-order valence-electron chi connectivity index (χ4n) is 6.73. The summed E-state index contributed by atoms with van der Waals surface area (Å²) < 4.78 is 5.33. The van der Waals surface area contributed by atoms with E-state index in [4.69, 9.17) is 14.7 Å². The lowest BCUT2D eigenvalue weighted by Gasteiger charge is -2.17. The van der Waals surface area contributed by atoms with Gasteiger partial charge in [0.05, 0.1) is 41.2 Å². The first kappa shape index (κ1) is 32.4. The Morgan fingerprint density at radius 1 is 0.978 bits per heavy atom. The average molecular weight is 625 g/mol. The molecular formula is C36H40N4O6. The fourth-order valence-corrected chi connectivity index (χ4v) is 6.73. The van der Waals surface area contributed by atoms with Crippen molar-refractivity contribution in [1.82, 2.24) is 19.9 Å². The number of carboxylic acids is 2. The third-order valence-electron chi connectivity index (χ3n) is 9.25. The quantitative estimate of drug-likeness (QED) is 0.179. The van der Waals surface area contributed by atoms with Crippen LogP contribution in [0.5, 0.6) is 0 Å². The van der Waals surface area contributed by atoms with Gasteiger partial charge in [-0.3, -0.25) is 14.6 Å². The number of aromatic amines is 2. The lowest BCUT2D eigenvalue weighted by Crippen LogP contribution is -2.13. The minimum Gasteiger partial charge on any atom is -0.481 e. The summed E-state index contributed by atoms with van der Waals surface area (Å²) in [6, 6.07) is 5.81. The van der Waals surface area contributed by atoms with E-state index in [0.29, 0.717) is 34.5 Å². The van der Waals surface area contributed by atoms with Crippen molar-refractivity contribution in [3.8, 4) is 0 Å². The molecule has 0 amide bonds. The zero-order chi connectivity index (χ0) is 33.4. The SMILES string of the molecule is C=Cc1c(C)c2cc3nc(c(CC(=O)OCC)c4[nH]c(cc5nc(cc1[nH]2)C(C)=C5CC)c(C)c4C(=O)O)[C@@H](CCC(=O)O)[C@@H]3C. The molecular weight excluding hydrogens is 584 g/mol. The lowest BCUT2D eigenvalue weighted by molar-refractivity contribution is -0.142. The molecule has 5 heterocycles. The fraction of sp³-hybridized carbons (Fsp3) is 0.361. The molecule has 10 nitrogen and oxygen atoms in total. The number of hydrogen-bond donors (Lipinski definition) is 4. The molecule has 10 heteroatoms. The number of esters is 1. The highest BCUT2D eigenvalue weighted by Crippen LogP contribution is 2.43. The third-order valence-corrected chi connectivity index (χ3v) is 9.25. The minimum atomic E-state index is -1.16. The number of ether oxygens (including phenoxy) is 1. The molecule has 0 spiro atoms. The summed E-state index contributed by atoms with van der Waals surface area (Å²) in [6.45, 7) is 15.7. The van der Waals surface area contributed by atoms with Crippen molar-refractivity contribution in [2.75, 3.05) is 6.61 Å². The standard InChI is InChI=1S/C36H40N4O6/c1-8-21-17(4)25-14-27-19(6)23(11-12-31(41)42)34(39-27)24(13-32(43)46-10-3)35-33(36(44)45)20(7)28(40-35)16-30-22(9-2)18(5)26(38-30)15-29(21)37-25/h8,14-16,19,23,37,40H,1,9-13H2,2-7H3,(H,41,42)(H,44,45)/t19-,23-/m0/s1. The lowest BCUT2D eigenvalue weighted by atomic mass is 9.85. The number of aromatic carboxylic acids is 1. The van der Waals surface area contributed by atoms with E-state index in [-0.39, 0.29) is 42.9 Å². The van der Waals surface area contributed by atoms with Crippen LogP contribution in [0.2, 0.25) is 0 Å². The van der Waals surface area contributed by atoms with Gasteiger partial charge < -0.3 is 24.9 Å². The maximum atomic E-state index is 13.1. The smallest absolute Gasteiger partial charge is 0.338 e. The first-order valence-corrected chi connectivity index (χ1v) is 15.6. The normalized spacial score (nSPS) is 16.0. The highest BCUT2D eigenvalue weighted by Gasteiger charge is 2.33. The predicted octanol–water partition coefficient (Wildman–Crippen LogP) is 7.47. The highest BCUT2D eigenvalue weighted by atomic mass is 16.5. The van der Waals surface area contributed by atoms with Crippen molar-refractivity contribution in [2.24, 2.45) is 0 Å². The third kappa shape index (κ3) is 5.75. The van der Waals surface area contributed by atoms with Gasteiger partial charge in [-0.05, 0) is 81.0 Å². The first-order valence-electron chi connectivity index (χ1n) is 15.6. The van der Waals surface area contributed by atoms with Gasteiger partial charge in [0.25, 0.3) is 0 Å². The van der Waals surface area contributed by atoms with E-state index in [0.717, 1.165) is 44.7 Å². The van der Waals surface area contributed by atoms with Gasteiger partial charge in [0, 0.05) is 51.6 Å². The van der Waals surface area contributed by atoms with Crippen LogP contribution < -0.4 is 0 Å². The molecule has 8 bridgehead atoms. The van der Waals surface area contributed by atoms with Gasteiger partial charge in [-0.2, -0.15) is 0 Å². The van der Waals surface area contributed by atoms with Gasteiger partial charge >= 0.3 is 17.9 Å². The molecule has 0 aromatic carbocycles. The Morgan fingerprint density at radius 3 is 2.30 bits per heavy atom. The molecule has 0 saturated carbocycles. The largest absolute Gasteiger partial charge is 0.481 e. The molecule has 0 unspecified atom stereocenters. The van der Waals surface area contributed by atoms with Crippen molar-refractivity contribution < 1.29 is 29.3 Å². The van der Waals surface area contributed by atoms with E-state index in [1.54, 1.807) is 13.8 Å². The monoisotopic (exact) mass is 624 g/mol. The number of rotatable bonds is 9. The van der Waals surface area contributed by atoms with Crippen LogP contribution in [0.1, 0.15) is 114 Å². The van der Waals surface area contributed by atoms with Crippen LogP contribution in [0, 0.1) is 13.8 Å². The molecule has 0 fully saturated rings. The molecule has 4 N–H and O–H groups in total. The van der Waals surface area contributed by atoms with E-state index in [2.05, 4.69) is 23.5 Å². The highest BCUT2D eigenvalue weighted by molar-refractivity contribution is 6.03. The van der Waals surface area contributed by atoms with Crippen molar-refractivity contribution in [3.63, 3.8) is 0 Å². The number of aliphatic carboxylic acids is 1. The Morgan fingerprint density at radius 2 is 1.67 bits per heavy atom. The predicted molar refractivity (Wildman–Crippen MR) is 179 cm³/mol. The van der Waals surface area contributed by atoms with Crippen LogP contribution in [0.15, 0.2) is 24.8 Å². The first-order chi connectivity index (χ1) is 21.9. The summed E-state index contributed by atoms with van der Waals surface area (Å²) in [5, 5.41) is 20.1. The molecule has 0 radical (unpaired) electrons. The summed E-state index contributed by atoms with van der Waals surface area (Å²) in [5.41, 5.74) is 10.0. The number of carbonyl (C=O) groups is 3. The number of nitrogens with zero attached hydrogens (tertiary/aromatic N) is 2. The van der Waals surface area contributed by atoms with E-state index in [1.807, 2.05) is 45.0 Å². The van der Waals surface area contributed by atoms with Crippen LogP contribution >= 0.6 is 0 Å². The van der Waals surface area contributed by atoms with E-state index >= 15 is 0 Å². The number of aryl methyl sites for hydroxylation is 2. The molecule has 5 rings (SSSR count). The number of carboxylic acid groups (broad SMARTS) is 2. The molecule has 2 aliphatic heterocycles. The molecule has 3 aromatic rings. The van der Waals surface area contributed by atoms with Gasteiger partial charge in [-0.25, -0.2) is 9.78 Å². The second kappa shape index (κ2) is 12.8. The molecule has 46 heavy (non-hydrogen) atoms. The van der Waals surface area contributed by atoms with E-state index in [9.17, 15) is 24.6 Å². The summed E-state index contributed by atoms with van der Waals surface area (Å²) in [6.07, 6.45) is 2.42. The molecule has 3 aromatic heterocycles. The number of hydrogen-bond acceptors (Lipinski definition) is 6. The van der Waals surface area contributed by atoms with Gasteiger partial charge in [0.1, 0.15) is 0 Å². The van der Waals surface area contributed by atoms with Gasteiger partial charge in [0.2, 0.25) is 0 Å². The average Bonchev–Trinajstić information content (AvgIpc) is 3.68. The van der Waals surface area contributed by atoms with Gasteiger partial charge in [-0.15, -0.1) is 0 Å². The zero-order valence-electron chi connectivity index (χ0n) is 27.1. The number of nitrogens with one attached hydrogen (secondary N) is 2. The molecule has 2 atom stereocenters. The number of carbonyl (C=O) groups excluding carboxylic acids is 1. The van der Waals surface area contributed by atoms with Gasteiger partial charge in [-0.1, -0.05) is 26.5 Å².